The van der Waals surface area contributed by atoms with Crippen molar-refractivity contribution in [1.82, 2.24) is 10.3 Å². The molecule has 0 aliphatic carbocycles. The number of halogens is 1. The summed E-state index contributed by atoms with van der Waals surface area (Å²) >= 11 is 5.82. The molecule has 6 nitrogen and oxygen atoms in total. The summed E-state index contributed by atoms with van der Waals surface area (Å²) in [6.07, 6.45) is 0. The maximum atomic E-state index is 12.3. The summed E-state index contributed by atoms with van der Waals surface area (Å²) in [6.45, 7) is 1.09. The van der Waals surface area contributed by atoms with Gasteiger partial charge in [-0.25, -0.2) is 0 Å². The van der Waals surface area contributed by atoms with E-state index in [2.05, 4.69) is 10.3 Å². The largest absolute Gasteiger partial charge is 0.486 e. The van der Waals surface area contributed by atoms with E-state index in [1.54, 1.807) is 36.4 Å². The molecule has 3 aromatic rings. The Balaban J connectivity index is 1.58. The Hall–Kier alpha value is -2.99. The lowest BCUT2D eigenvalue weighted by Crippen LogP contribution is -2.26. The predicted molar refractivity (Wildman–Crippen MR) is 98.2 cm³/mol. The first-order valence-corrected chi connectivity index (χ1v) is 8.47. The highest BCUT2D eigenvalue weighted by Gasteiger charge is 2.14. The minimum absolute atomic E-state index is 0.112. The normalized spacial score (nSPS) is 12.8. The van der Waals surface area contributed by atoms with Crippen LogP contribution in [-0.2, 0) is 6.54 Å². The molecule has 2 N–H and O–H groups in total. The molecule has 0 atom stereocenters. The van der Waals surface area contributed by atoms with Crippen molar-refractivity contribution in [3.05, 3.63) is 69.0 Å². The average molecular weight is 371 g/mol. The SMILES string of the molecule is O=C(NCc1cc2cc3c(cc2[nH]c1=O)OCCO3)c1ccc(Cl)cc1. The van der Waals surface area contributed by atoms with Gasteiger partial charge in [-0.1, -0.05) is 11.6 Å². The Labute approximate surface area is 153 Å². The van der Waals surface area contributed by atoms with E-state index in [0.717, 1.165) is 5.39 Å². The van der Waals surface area contributed by atoms with Gasteiger partial charge < -0.3 is 19.8 Å². The molecule has 2 aromatic carbocycles. The number of pyridine rings is 1. The number of rotatable bonds is 3. The second kappa shape index (κ2) is 6.72. The van der Waals surface area contributed by atoms with E-state index in [9.17, 15) is 9.59 Å². The number of fused-ring (bicyclic) bond motifs is 2. The van der Waals surface area contributed by atoms with Crippen LogP contribution in [0.3, 0.4) is 0 Å². The number of ether oxygens (including phenoxy) is 2. The molecule has 1 aliphatic rings. The summed E-state index contributed by atoms with van der Waals surface area (Å²) in [6, 6.07) is 11.9. The molecule has 1 aliphatic heterocycles. The zero-order valence-corrected chi connectivity index (χ0v) is 14.4. The summed E-state index contributed by atoms with van der Waals surface area (Å²) in [7, 11) is 0. The quantitative estimate of drug-likeness (QED) is 0.743. The van der Waals surface area contributed by atoms with Gasteiger partial charge in [0.15, 0.2) is 11.5 Å². The van der Waals surface area contributed by atoms with Crippen LogP contribution in [0, 0.1) is 0 Å². The molecule has 26 heavy (non-hydrogen) atoms. The Morgan fingerprint density at radius 1 is 1.08 bits per heavy atom. The second-order valence-corrected chi connectivity index (χ2v) is 6.33. The first-order valence-electron chi connectivity index (χ1n) is 8.09. The Kier molecular flexibility index (Phi) is 4.26. The van der Waals surface area contributed by atoms with Crippen LogP contribution in [0.5, 0.6) is 11.5 Å². The number of carbonyl (C=O) groups excluding carboxylic acids is 1. The van der Waals surface area contributed by atoms with Gasteiger partial charge in [-0.3, -0.25) is 9.59 Å². The van der Waals surface area contributed by atoms with E-state index in [1.165, 1.54) is 0 Å². The number of benzene rings is 2. The first-order chi connectivity index (χ1) is 12.6. The van der Waals surface area contributed by atoms with Gasteiger partial charge in [0.25, 0.3) is 11.5 Å². The third-order valence-electron chi connectivity index (χ3n) is 4.13. The number of carbonyl (C=O) groups is 1. The van der Waals surface area contributed by atoms with Crippen molar-refractivity contribution in [3.8, 4) is 11.5 Å². The standard InChI is InChI=1S/C19H15ClN2O4/c20-14-3-1-11(2-4-14)18(23)21-10-13-7-12-8-16-17(26-6-5-25-16)9-15(12)22-19(13)24/h1-4,7-9H,5-6,10H2,(H,21,23)(H,22,24). The summed E-state index contributed by atoms with van der Waals surface area (Å²) in [4.78, 5) is 27.3. The highest BCUT2D eigenvalue weighted by molar-refractivity contribution is 6.30. The summed E-state index contributed by atoms with van der Waals surface area (Å²) < 4.78 is 11.1. The minimum atomic E-state index is -0.275. The van der Waals surface area contributed by atoms with Crippen LogP contribution in [0.15, 0.2) is 47.3 Å². The van der Waals surface area contributed by atoms with E-state index in [0.29, 0.717) is 46.4 Å². The van der Waals surface area contributed by atoms with Crippen molar-refractivity contribution in [1.29, 1.82) is 0 Å². The molecule has 0 bridgehead atoms. The van der Waals surface area contributed by atoms with E-state index in [-0.39, 0.29) is 18.0 Å². The van der Waals surface area contributed by atoms with Gasteiger partial charge >= 0.3 is 0 Å². The maximum absolute atomic E-state index is 12.3. The number of hydrogen-bond acceptors (Lipinski definition) is 4. The average Bonchev–Trinajstić information content (AvgIpc) is 2.65. The molecule has 0 fully saturated rings. The molecule has 2 heterocycles. The fourth-order valence-corrected chi connectivity index (χ4v) is 2.92. The van der Waals surface area contributed by atoms with Crippen LogP contribution in [0.4, 0.5) is 0 Å². The number of hydrogen-bond donors (Lipinski definition) is 2. The lowest BCUT2D eigenvalue weighted by atomic mass is 10.1. The highest BCUT2D eigenvalue weighted by Crippen LogP contribution is 2.33. The zero-order chi connectivity index (χ0) is 18.1. The molecule has 4 rings (SSSR count). The van der Waals surface area contributed by atoms with Crippen LogP contribution >= 0.6 is 11.6 Å². The fourth-order valence-electron chi connectivity index (χ4n) is 2.80. The Morgan fingerprint density at radius 3 is 2.50 bits per heavy atom. The molecular weight excluding hydrogens is 356 g/mol. The highest BCUT2D eigenvalue weighted by atomic mass is 35.5. The van der Waals surface area contributed by atoms with E-state index < -0.39 is 0 Å². The van der Waals surface area contributed by atoms with Crippen LogP contribution in [0.25, 0.3) is 10.9 Å². The smallest absolute Gasteiger partial charge is 0.253 e. The summed E-state index contributed by atoms with van der Waals surface area (Å²) in [5.41, 5.74) is 1.33. The third-order valence-corrected chi connectivity index (χ3v) is 4.38. The van der Waals surface area contributed by atoms with Gasteiger partial charge in [-0.2, -0.15) is 0 Å². The molecule has 0 saturated carbocycles. The van der Waals surface area contributed by atoms with E-state index >= 15 is 0 Å². The van der Waals surface area contributed by atoms with Crippen LogP contribution in [0.1, 0.15) is 15.9 Å². The fraction of sp³-hybridized carbons (Fsp3) is 0.158. The molecule has 0 radical (unpaired) electrons. The van der Waals surface area contributed by atoms with E-state index in [1.807, 2.05) is 6.07 Å². The zero-order valence-electron chi connectivity index (χ0n) is 13.7. The van der Waals surface area contributed by atoms with Crippen molar-refractivity contribution in [2.75, 3.05) is 13.2 Å². The lowest BCUT2D eigenvalue weighted by Gasteiger charge is -2.18. The van der Waals surface area contributed by atoms with Crippen LogP contribution in [-0.4, -0.2) is 24.1 Å². The van der Waals surface area contributed by atoms with Crippen LogP contribution in [0.2, 0.25) is 5.02 Å². The number of H-pyrrole nitrogens is 1. The molecule has 132 valence electrons. The monoisotopic (exact) mass is 370 g/mol. The summed E-state index contributed by atoms with van der Waals surface area (Å²) in [5.74, 6) is 0.985. The van der Waals surface area contributed by atoms with Gasteiger partial charge in [-0.05, 0) is 36.4 Å². The third kappa shape index (κ3) is 3.23. The molecule has 1 aromatic heterocycles. The number of aromatic nitrogens is 1. The van der Waals surface area contributed by atoms with Crippen molar-refractivity contribution in [3.63, 3.8) is 0 Å². The number of amides is 1. The Bertz CT molecular complexity index is 1040. The predicted octanol–water partition coefficient (Wildman–Crippen LogP) is 2.88. The molecule has 1 amide bonds. The van der Waals surface area contributed by atoms with Gasteiger partial charge in [0, 0.05) is 34.1 Å². The van der Waals surface area contributed by atoms with Crippen molar-refractivity contribution in [2.45, 2.75) is 6.54 Å². The molecular formula is C19H15ClN2O4. The van der Waals surface area contributed by atoms with Gasteiger partial charge in [0.1, 0.15) is 13.2 Å². The number of aromatic amines is 1. The van der Waals surface area contributed by atoms with Gasteiger partial charge in [0.05, 0.1) is 5.52 Å². The lowest BCUT2D eigenvalue weighted by molar-refractivity contribution is 0.0951. The second-order valence-electron chi connectivity index (χ2n) is 5.90. The van der Waals surface area contributed by atoms with Crippen molar-refractivity contribution < 1.29 is 14.3 Å². The molecule has 0 saturated heterocycles. The number of nitrogens with one attached hydrogen (secondary N) is 2. The maximum Gasteiger partial charge on any atom is 0.253 e. The van der Waals surface area contributed by atoms with E-state index in [4.69, 9.17) is 21.1 Å². The Morgan fingerprint density at radius 2 is 1.77 bits per heavy atom. The van der Waals surface area contributed by atoms with Crippen molar-refractivity contribution in [2.24, 2.45) is 0 Å². The van der Waals surface area contributed by atoms with Crippen molar-refractivity contribution >= 4 is 28.4 Å². The van der Waals surface area contributed by atoms with Gasteiger partial charge in [0.2, 0.25) is 0 Å². The van der Waals surface area contributed by atoms with Crippen LogP contribution < -0.4 is 20.3 Å². The molecule has 0 spiro atoms. The molecule has 7 heteroatoms. The topological polar surface area (TPSA) is 80.4 Å². The summed E-state index contributed by atoms with van der Waals surface area (Å²) in [5, 5.41) is 4.11. The van der Waals surface area contributed by atoms with Gasteiger partial charge in [-0.15, -0.1) is 0 Å². The minimum Gasteiger partial charge on any atom is -0.486 e. The first kappa shape index (κ1) is 16.5. The molecule has 0 unspecified atom stereocenters.